The van der Waals surface area contributed by atoms with E-state index in [1.54, 1.807) is 49.6 Å². The molecule has 0 radical (unpaired) electrons. The van der Waals surface area contributed by atoms with Crippen molar-refractivity contribution in [2.45, 2.75) is 18.2 Å². The van der Waals surface area contributed by atoms with Crippen molar-refractivity contribution in [3.05, 3.63) is 64.6 Å². The van der Waals surface area contributed by atoms with Gasteiger partial charge in [-0.05, 0) is 54.6 Å². The van der Waals surface area contributed by atoms with Crippen molar-refractivity contribution in [1.29, 1.82) is 0 Å². The molecular weight excluding hydrogens is 464 g/mol. The van der Waals surface area contributed by atoms with Crippen LogP contribution in [0.5, 0.6) is 5.75 Å². The zero-order valence-corrected chi connectivity index (χ0v) is 19.9. The van der Waals surface area contributed by atoms with E-state index in [1.165, 1.54) is 12.1 Å². The van der Waals surface area contributed by atoms with Crippen LogP contribution < -0.4 is 10.1 Å². The summed E-state index contributed by atoms with van der Waals surface area (Å²) in [6.07, 6.45) is 1.41. The maximum Gasteiger partial charge on any atom is 0.293 e. The monoisotopic (exact) mass is 488 g/mol. The molecule has 1 fully saturated rings. The van der Waals surface area contributed by atoms with Crippen LogP contribution in [0.15, 0.2) is 58.3 Å². The van der Waals surface area contributed by atoms with E-state index < -0.39 is 26.9 Å². The van der Waals surface area contributed by atoms with Crippen molar-refractivity contribution < 1.29 is 27.5 Å². The van der Waals surface area contributed by atoms with Gasteiger partial charge in [-0.15, -0.1) is 0 Å². The van der Waals surface area contributed by atoms with Crippen LogP contribution in [0.1, 0.15) is 17.5 Å². The molecule has 1 aliphatic heterocycles. The van der Waals surface area contributed by atoms with Crippen molar-refractivity contribution in [2.75, 3.05) is 26.0 Å². The Morgan fingerprint density at radius 1 is 1.09 bits per heavy atom. The highest BCUT2D eigenvalue weighted by Crippen LogP contribution is 2.32. The Morgan fingerprint density at radius 3 is 2.39 bits per heavy atom. The molecule has 1 heterocycles. The highest BCUT2D eigenvalue weighted by molar-refractivity contribution is 8.18. The van der Waals surface area contributed by atoms with Crippen LogP contribution in [0.3, 0.4) is 0 Å². The quantitative estimate of drug-likeness (QED) is 0.540. The smallest absolute Gasteiger partial charge is 0.293 e. The van der Waals surface area contributed by atoms with Gasteiger partial charge < -0.3 is 10.1 Å². The maximum absolute atomic E-state index is 12.6. The van der Waals surface area contributed by atoms with E-state index in [2.05, 4.69) is 5.32 Å². The van der Waals surface area contributed by atoms with Gasteiger partial charge in [-0.25, -0.2) is 8.42 Å². The molecule has 0 atom stereocenters. The molecule has 3 rings (SSSR count). The van der Waals surface area contributed by atoms with Crippen LogP contribution in [0.4, 0.5) is 4.79 Å². The second-order valence-corrected chi connectivity index (χ2v) is 10.4. The molecule has 0 saturated carbocycles. The number of aryl methyl sites for hydroxylation is 1. The summed E-state index contributed by atoms with van der Waals surface area (Å²) >= 11 is 0.833. The van der Waals surface area contributed by atoms with Crippen molar-refractivity contribution in [1.82, 2.24) is 10.2 Å². The minimum absolute atomic E-state index is 0.00106. The van der Waals surface area contributed by atoms with Gasteiger partial charge in [-0.2, -0.15) is 0 Å². The highest BCUT2D eigenvalue weighted by Gasteiger charge is 2.34. The van der Waals surface area contributed by atoms with Crippen LogP contribution >= 0.6 is 11.8 Å². The van der Waals surface area contributed by atoms with Crippen molar-refractivity contribution in [3.63, 3.8) is 0 Å². The van der Waals surface area contributed by atoms with Gasteiger partial charge in [0, 0.05) is 19.5 Å². The summed E-state index contributed by atoms with van der Waals surface area (Å²) in [5.41, 5.74) is 1.70. The predicted octanol–water partition coefficient (Wildman–Crippen LogP) is 3.02. The minimum atomic E-state index is -3.57. The Balaban J connectivity index is 1.49. The third-order valence-corrected chi connectivity index (χ3v) is 7.56. The fourth-order valence-corrected chi connectivity index (χ4v) is 5.14. The molecule has 3 amide bonds. The predicted molar refractivity (Wildman–Crippen MR) is 127 cm³/mol. The van der Waals surface area contributed by atoms with E-state index in [0.29, 0.717) is 10.7 Å². The van der Waals surface area contributed by atoms with Gasteiger partial charge in [0.2, 0.25) is 5.91 Å². The van der Waals surface area contributed by atoms with Gasteiger partial charge in [0.15, 0.2) is 9.84 Å². The van der Waals surface area contributed by atoms with E-state index >= 15 is 0 Å². The number of carbonyl (C=O) groups is 3. The molecule has 2 aromatic carbocycles. The summed E-state index contributed by atoms with van der Waals surface area (Å²) in [4.78, 5) is 38.4. The molecule has 1 saturated heterocycles. The number of hydrogen-bond acceptors (Lipinski definition) is 7. The number of sulfone groups is 1. The lowest BCUT2D eigenvalue weighted by molar-refractivity contribution is -0.124. The Hall–Kier alpha value is -3.11. The summed E-state index contributed by atoms with van der Waals surface area (Å²) in [5, 5.41) is 2.15. The number of rotatable bonds is 9. The first-order valence-corrected chi connectivity index (χ1v) is 12.6. The topological polar surface area (TPSA) is 110 Å². The third-order valence-electron chi connectivity index (χ3n) is 4.92. The Morgan fingerprint density at radius 2 is 1.76 bits per heavy atom. The average Bonchev–Trinajstić information content (AvgIpc) is 3.06. The molecular formula is C23H24N2O6S2. The van der Waals surface area contributed by atoms with Crippen LogP contribution in [0.2, 0.25) is 0 Å². The van der Waals surface area contributed by atoms with Crippen molar-refractivity contribution in [3.8, 4) is 5.75 Å². The molecule has 2 aromatic rings. The lowest BCUT2D eigenvalue weighted by atomic mass is 10.2. The normalized spacial score (nSPS) is 15.2. The molecule has 0 spiro atoms. The van der Waals surface area contributed by atoms with E-state index in [-0.39, 0.29) is 30.2 Å². The Kier molecular flexibility index (Phi) is 7.93. The second kappa shape index (κ2) is 10.7. The molecule has 10 heteroatoms. The van der Waals surface area contributed by atoms with E-state index in [4.69, 9.17) is 4.74 Å². The fraction of sp³-hybridized carbons (Fsp3) is 0.261. The van der Waals surface area contributed by atoms with Gasteiger partial charge in [-0.1, -0.05) is 29.8 Å². The molecule has 8 nitrogen and oxygen atoms in total. The van der Waals surface area contributed by atoms with Crippen LogP contribution in [0.25, 0.3) is 6.08 Å². The number of hydrogen-bond donors (Lipinski definition) is 1. The molecule has 33 heavy (non-hydrogen) atoms. The zero-order valence-electron chi connectivity index (χ0n) is 18.2. The Bertz CT molecular complexity index is 1170. The summed E-state index contributed by atoms with van der Waals surface area (Å²) < 4.78 is 29.8. The maximum atomic E-state index is 12.6. The van der Waals surface area contributed by atoms with E-state index in [0.717, 1.165) is 27.8 Å². The first kappa shape index (κ1) is 24.5. The lowest BCUT2D eigenvalue weighted by Crippen LogP contribution is -2.37. The van der Waals surface area contributed by atoms with Gasteiger partial charge in [0.1, 0.15) is 5.75 Å². The number of imide groups is 1. The molecule has 1 aliphatic rings. The van der Waals surface area contributed by atoms with Gasteiger partial charge in [-0.3, -0.25) is 19.3 Å². The summed E-state index contributed by atoms with van der Waals surface area (Å²) in [6.45, 7) is 1.90. The van der Waals surface area contributed by atoms with E-state index in [1.807, 2.05) is 6.92 Å². The van der Waals surface area contributed by atoms with Crippen LogP contribution in [-0.4, -0.2) is 56.3 Å². The zero-order chi connectivity index (χ0) is 24.0. The number of thioether (sulfide) groups is 1. The fourth-order valence-electron chi connectivity index (χ4n) is 3.03. The second-order valence-electron chi connectivity index (χ2n) is 7.34. The largest absolute Gasteiger partial charge is 0.497 e. The number of benzene rings is 2. The molecule has 0 aromatic heterocycles. The number of nitrogens with zero attached hydrogens (tertiary/aromatic N) is 1. The molecule has 1 N–H and O–H groups in total. The lowest BCUT2D eigenvalue weighted by Gasteiger charge is -2.13. The number of nitrogens with one attached hydrogen (secondary N) is 1. The molecule has 0 bridgehead atoms. The summed E-state index contributed by atoms with van der Waals surface area (Å²) in [5.74, 6) is -0.542. The van der Waals surface area contributed by atoms with Gasteiger partial charge in [0.05, 0.1) is 22.7 Å². The molecule has 0 unspecified atom stereocenters. The number of carbonyl (C=O) groups excluding carboxylic acids is 3. The first-order valence-electron chi connectivity index (χ1n) is 10.1. The molecule has 174 valence electrons. The third kappa shape index (κ3) is 6.45. The minimum Gasteiger partial charge on any atom is -0.497 e. The van der Waals surface area contributed by atoms with Crippen molar-refractivity contribution in [2.24, 2.45) is 0 Å². The standard InChI is InChI=1S/C23H24N2O6S2/c1-16-3-9-19(10-4-16)33(29,30)14-11-21(26)24-12-13-25-22(27)20(32-23(25)28)15-17-5-7-18(31-2)8-6-17/h3-10,15H,11-14H2,1-2H3,(H,24,26)/b20-15+. The van der Waals surface area contributed by atoms with Crippen LogP contribution in [0, 0.1) is 6.92 Å². The highest BCUT2D eigenvalue weighted by atomic mass is 32.2. The number of amides is 3. The average molecular weight is 489 g/mol. The van der Waals surface area contributed by atoms with E-state index in [9.17, 15) is 22.8 Å². The Labute approximate surface area is 196 Å². The number of methoxy groups -OCH3 is 1. The summed E-state index contributed by atoms with van der Waals surface area (Å²) in [7, 11) is -2.01. The number of ether oxygens (including phenoxy) is 1. The van der Waals surface area contributed by atoms with Crippen LogP contribution in [-0.2, 0) is 19.4 Å². The van der Waals surface area contributed by atoms with Gasteiger partial charge in [0.25, 0.3) is 11.1 Å². The first-order chi connectivity index (χ1) is 15.7. The van der Waals surface area contributed by atoms with Gasteiger partial charge >= 0.3 is 0 Å². The SMILES string of the molecule is COc1ccc(/C=C2/SC(=O)N(CCNC(=O)CCS(=O)(=O)c3ccc(C)cc3)C2=O)cc1. The van der Waals surface area contributed by atoms with Crippen molar-refractivity contribution >= 4 is 44.7 Å². The molecule has 0 aliphatic carbocycles. The summed E-state index contributed by atoms with van der Waals surface area (Å²) in [6, 6.07) is 13.5.